The van der Waals surface area contributed by atoms with Gasteiger partial charge in [-0.3, -0.25) is 14.5 Å². The molecule has 0 bridgehead atoms. The fraction of sp³-hybridized carbons (Fsp3) is 0.120. The summed E-state index contributed by atoms with van der Waals surface area (Å²) in [6.45, 7) is 2.12. The maximum atomic E-state index is 13.5. The Morgan fingerprint density at radius 1 is 0.935 bits per heavy atom. The summed E-state index contributed by atoms with van der Waals surface area (Å²) < 4.78 is 18.7. The number of rotatable bonds is 6. The van der Waals surface area contributed by atoms with Gasteiger partial charge in [0.15, 0.2) is 0 Å². The number of imide groups is 1. The first-order valence-corrected chi connectivity index (χ1v) is 9.79. The Labute approximate surface area is 179 Å². The van der Waals surface area contributed by atoms with Gasteiger partial charge in [-0.1, -0.05) is 48.0 Å². The molecule has 2 amide bonds. The summed E-state index contributed by atoms with van der Waals surface area (Å²) in [6.07, 6.45) is 0. The van der Waals surface area contributed by atoms with Crippen LogP contribution in [-0.4, -0.2) is 23.8 Å². The first kappa shape index (κ1) is 20.3. The molecular formula is C25H21FN2O3. The van der Waals surface area contributed by atoms with Crippen LogP contribution in [-0.2, 0) is 16.1 Å². The van der Waals surface area contributed by atoms with Crippen LogP contribution in [0.3, 0.4) is 0 Å². The third-order valence-electron chi connectivity index (χ3n) is 5.10. The number of ether oxygens (including phenoxy) is 1. The third-order valence-corrected chi connectivity index (χ3v) is 5.10. The smallest absolute Gasteiger partial charge is 0.278 e. The lowest BCUT2D eigenvalue weighted by atomic mass is 10.0. The molecule has 1 N–H and O–H groups in total. The molecule has 1 heterocycles. The molecule has 0 saturated heterocycles. The summed E-state index contributed by atoms with van der Waals surface area (Å²) >= 11 is 0. The molecule has 0 atom stereocenters. The number of amides is 2. The van der Waals surface area contributed by atoms with Crippen molar-refractivity contribution < 1.29 is 18.7 Å². The number of nitrogens with one attached hydrogen (secondary N) is 1. The van der Waals surface area contributed by atoms with Gasteiger partial charge < -0.3 is 10.1 Å². The second-order valence-corrected chi connectivity index (χ2v) is 7.30. The van der Waals surface area contributed by atoms with Gasteiger partial charge in [-0.15, -0.1) is 0 Å². The number of carbonyl (C=O) groups excluding carboxylic acids is 2. The minimum Gasteiger partial charge on any atom is -0.497 e. The highest BCUT2D eigenvalue weighted by Crippen LogP contribution is 2.32. The monoisotopic (exact) mass is 416 g/mol. The van der Waals surface area contributed by atoms with E-state index in [1.165, 1.54) is 29.2 Å². The van der Waals surface area contributed by atoms with Gasteiger partial charge in [-0.2, -0.15) is 0 Å². The molecule has 156 valence electrons. The van der Waals surface area contributed by atoms with Crippen LogP contribution in [0, 0.1) is 12.7 Å². The summed E-state index contributed by atoms with van der Waals surface area (Å²) in [7, 11) is 1.55. The predicted octanol–water partition coefficient (Wildman–Crippen LogP) is 4.53. The van der Waals surface area contributed by atoms with E-state index in [-0.39, 0.29) is 17.8 Å². The number of carbonyl (C=O) groups is 2. The molecule has 3 aromatic carbocycles. The van der Waals surface area contributed by atoms with Crippen molar-refractivity contribution in [3.05, 3.63) is 101 Å². The number of aryl methyl sites for hydroxylation is 1. The molecule has 3 aromatic rings. The Morgan fingerprint density at radius 2 is 1.65 bits per heavy atom. The molecule has 0 aliphatic carbocycles. The Bertz CT molecular complexity index is 1170. The molecule has 31 heavy (non-hydrogen) atoms. The number of benzene rings is 3. The highest BCUT2D eigenvalue weighted by Gasteiger charge is 2.39. The molecule has 6 heteroatoms. The van der Waals surface area contributed by atoms with Gasteiger partial charge in [0.1, 0.15) is 17.3 Å². The maximum absolute atomic E-state index is 13.5. The first-order valence-electron chi connectivity index (χ1n) is 9.79. The van der Waals surface area contributed by atoms with Crippen LogP contribution in [0.4, 0.5) is 10.1 Å². The SMILES string of the molecule is COc1cccc(NC2=C(c3ccc(F)cc3)C(=O)N(Cc3ccc(C)cc3)C2=O)c1. The quantitative estimate of drug-likeness (QED) is 0.600. The molecule has 0 spiro atoms. The molecule has 0 unspecified atom stereocenters. The largest absolute Gasteiger partial charge is 0.497 e. The topological polar surface area (TPSA) is 58.6 Å². The van der Waals surface area contributed by atoms with Crippen molar-refractivity contribution >= 4 is 23.1 Å². The second kappa shape index (κ2) is 8.44. The van der Waals surface area contributed by atoms with E-state index in [1.807, 2.05) is 31.2 Å². The number of anilines is 1. The van der Waals surface area contributed by atoms with Crippen molar-refractivity contribution in [2.45, 2.75) is 13.5 Å². The minimum atomic E-state index is -0.437. The van der Waals surface area contributed by atoms with E-state index in [9.17, 15) is 14.0 Å². The average Bonchev–Trinajstić information content (AvgIpc) is 3.00. The van der Waals surface area contributed by atoms with Gasteiger partial charge in [0, 0.05) is 11.8 Å². The van der Waals surface area contributed by atoms with Gasteiger partial charge in [0.25, 0.3) is 11.8 Å². The molecule has 0 fully saturated rings. The lowest BCUT2D eigenvalue weighted by molar-refractivity contribution is -0.137. The highest BCUT2D eigenvalue weighted by atomic mass is 19.1. The lowest BCUT2D eigenvalue weighted by Crippen LogP contribution is -2.32. The Morgan fingerprint density at radius 3 is 2.32 bits per heavy atom. The van der Waals surface area contributed by atoms with Gasteiger partial charge >= 0.3 is 0 Å². The summed E-state index contributed by atoms with van der Waals surface area (Å²) in [5.41, 5.74) is 3.36. The molecule has 0 aromatic heterocycles. The van der Waals surface area contributed by atoms with Crippen LogP contribution < -0.4 is 10.1 Å². The molecule has 5 nitrogen and oxygen atoms in total. The molecular weight excluding hydrogens is 395 g/mol. The maximum Gasteiger partial charge on any atom is 0.278 e. The summed E-state index contributed by atoms with van der Waals surface area (Å²) in [5, 5.41) is 3.08. The number of halogens is 1. The number of methoxy groups -OCH3 is 1. The Balaban J connectivity index is 1.73. The zero-order chi connectivity index (χ0) is 22.0. The zero-order valence-electron chi connectivity index (χ0n) is 17.2. The van der Waals surface area contributed by atoms with Crippen LogP contribution >= 0.6 is 0 Å². The second-order valence-electron chi connectivity index (χ2n) is 7.30. The lowest BCUT2D eigenvalue weighted by Gasteiger charge is -2.15. The summed E-state index contributed by atoms with van der Waals surface area (Å²) in [4.78, 5) is 27.8. The highest BCUT2D eigenvalue weighted by molar-refractivity contribution is 6.36. The van der Waals surface area contributed by atoms with Crippen LogP contribution in [0.1, 0.15) is 16.7 Å². The van der Waals surface area contributed by atoms with Gasteiger partial charge in [-0.05, 0) is 42.3 Å². The normalized spacial score (nSPS) is 13.7. The summed E-state index contributed by atoms with van der Waals surface area (Å²) in [6, 6.07) is 20.3. The number of hydrogen-bond acceptors (Lipinski definition) is 4. The van der Waals surface area contributed by atoms with Crippen molar-refractivity contribution in [1.82, 2.24) is 4.90 Å². The van der Waals surface area contributed by atoms with E-state index in [0.29, 0.717) is 17.0 Å². The van der Waals surface area contributed by atoms with Crippen molar-refractivity contribution in [3.63, 3.8) is 0 Å². The van der Waals surface area contributed by atoms with Crippen LogP contribution in [0.2, 0.25) is 0 Å². The van der Waals surface area contributed by atoms with Crippen LogP contribution in [0.25, 0.3) is 5.57 Å². The third kappa shape index (κ3) is 4.19. The van der Waals surface area contributed by atoms with Crippen molar-refractivity contribution in [1.29, 1.82) is 0 Å². The summed E-state index contributed by atoms with van der Waals surface area (Å²) in [5.74, 6) is -0.669. The van der Waals surface area contributed by atoms with Crippen molar-refractivity contribution in [3.8, 4) is 5.75 Å². The molecule has 0 radical (unpaired) electrons. The molecule has 0 saturated carbocycles. The standard InChI is InChI=1S/C25H21FN2O3/c1-16-6-8-17(9-7-16)15-28-24(29)22(18-10-12-19(26)13-11-18)23(25(28)30)27-20-4-3-5-21(14-20)31-2/h3-14,27H,15H2,1-2H3. The zero-order valence-corrected chi connectivity index (χ0v) is 17.2. The molecule has 1 aliphatic rings. The fourth-order valence-corrected chi connectivity index (χ4v) is 3.44. The van der Waals surface area contributed by atoms with Gasteiger partial charge in [0.05, 0.1) is 19.2 Å². The van der Waals surface area contributed by atoms with Gasteiger partial charge in [0.2, 0.25) is 0 Å². The number of nitrogens with zero attached hydrogens (tertiary/aromatic N) is 1. The number of hydrogen-bond donors (Lipinski definition) is 1. The van der Waals surface area contributed by atoms with E-state index in [4.69, 9.17) is 4.74 Å². The minimum absolute atomic E-state index is 0.145. The Kier molecular flexibility index (Phi) is 5.54. The Hall–Kier alpha value is -3.93. The molecule has 4 rings (SSSR count). The fourth-order valence-electron chi connectivity index (χ4n) is 3.44. The van der Waals surface area contributed by atoms with Crippen molar-refractivity contribution in [2.24, 2.45) is 0 Å². The molecule has 1 aliphatic heterocycles. The van der Waals surface area contributed by atoms with E-state index in [2.05, 4.69) is 5.32 Å². The van der Waals surface area contributed by atoms with Gasteiger partial charge in [-0.25, -0.2) is 4.39 Å². The predicted molar refractivity (Wildman–Crippen MR) is 117 cm³/mol. The van der Waals surface area contributed by atoms with E-state index < -0.39 is 17.6 Å². The van der Waals surface area contributed by atoms with E-state index in [0.717, 1.165) is 11.1 Å². The van der Waals surface area contributed by atoms with E-state index >= 15 is 0 Å². The average molecular weight is 416 g/mol. The van der Waals surface area contributed by atoms with Crippen LogP contribution in [0.15, 0.2) is 78.5 Å². The first-order chi connectivity index (χ1) is 15.0. The van der Waals surface area contributed by atoms with Crippen LogP contribution in [0.5, 0.6) is 5.75 Å². The van der Waals surface area contributed by atoms with E-state index in [1.54, 1.807) is 31.4 Å². The van der Waals surface area contributed by atoms with Crippen molar-refractivity contribution in [2.75, 3.05) is 12.4 Å².